The third kappa shape index (κ3) is 5.35. The minimum atomic E-state index is -3.96. The molecular weight excluding hydrogens is 542 g/mol. The number of carbonyl (C=O) groups excluding carboxylic acids is 3. The minimum absolute atomic E-state index is 0.0374. The molecule has 0 atom stereocenters. The lowest BCUT2D eigenvalue weighted by Crippen LogP contribution is -2.22. The number of nitrogens with one attached hydrogen (secondary N) is 2. The number of hydrogen-bond acceptors (Lipinski definition) is 9. The minimum Gasteiger partial charge on any atom is -0.463 e. The van der Waals surface area contributed by atoms with Gasteiger partial charge in [-0.1, -0.05) is 23.5 Å². The van der Waals surface area contributed by atoms with E-state index in [0.717, 1.165) is 4.88 Å². The molecule has 5 rings (SSSR count). The van der Waals surface area contributed by atoms with Crippen LogP contribution in [0.3, 0.4) is 0 Å². The van der Waals surface area contributed by atoms with E-state index in [2.05, 4.69) is 20.7 Å². The van der Waals surface area contributed by atoms with Crippen molar-refractivity contribution < 1.29 is 27.5 Å². The van der Waals surface area contributed by atoms with Gasteiger partial charge in [0.2, 0.25) is 15.0 Å². The molecule has 0 radical (unpaired) electrons. The summed E-state index contributed by atoms with van der Waals surface area (Å²) in [6.07, 6.45) is 7.79. The van der Waals surface area contributed by atoms with Crippen molar-refractivity contribution >= 4 is 50.7 Å². The van der Waals surface area contributed by atoms with Gasteiger partial charge in [0.05, 0.1) is 40.4 Å². The number of fused-ring (bicyclic) bond motifs is 2. The lowest BCUT2D eigenvalue weighted by molar-refractivity contribution is -0.137. The van der Waals surface area contributed by atoms with Gasteiger partial charge in [0.1, 0.15) is 0 Å². The molecule has 2 N–H and O–H groups in total. The number of hydrogen-bond donors (Lipinski definition) is 2. The summed E-state index contributed by atoms with van der Waals surface area (Å²) in [7, 11) is -3.96. The zero-order valence-corrected chi connectivity index (χ0v) is 22.1. The third-order valence-corrected chi connectivity index (χ3v) is 8.52. The van der Waals surface area contributed by atoms with Crippen molar-refractivity contribution in [2.45, 2.75) is 23.3 Å². The van der Waals surface area contributed by atoms with Gasteiger partial charge in [-0.15, -0.1) is 0 Å². The van der Waals surface area contributed by atoms with Crippen LogP contribution in [0, 0.1) is 0 Å². The van der Waals surface area contributed by atoms with E-state index in [9.17, 15) is 22.8 Å². The largest absolute Gasteiger partial charge is 0.463 e. The fraction of sp³-hybridized carbons (Fsp3) is 0.115. The molecule has 198 valence electrons. The van der Waals surface area contributed by atoms with Crippen molar-refractivity contribution in [1.82, 2.24) is 20.1 Å². The smallest absolute Gasteiger partial charge is 0.330 e. The summed E-state index contributed by atoms with van der Waals surface area (Å²) in [5.41, 5.74) is 0.953. The summed E-state index contributed by atoms with van der Waals surface area (Å²) >= 11 is 1.31. The maximum atomic E-state index is 13.1. The SMILES string of the molecule is CCOC(=O)/C=C/c1cnn(-c2ncc(CNC(=O)c3ccc4c(c3)NC(=O)c3ccccc3S4(=O)=O)s2)c1. The van der Waals surface area contributed by atoms with E-state index in [1.54, 1.807) is 48.4 Å². The van der Waals surface area contributed by atoms with E-state index in [1.807, 2.05) is 0 Å². The average Bonchev–Trinajstić information content (AvgIpc) is 3.58. The monoisotopic (exact) mass is 563 g/mol. The predicted molar refractivity (Wildman–Crippen MR) is 142 cm³/mol. The Morgan fingerprint density at radius 1 is 1.15 bits per heavy atom. The summed E-state index contributed by atoms with van der Waals surface area (Å²) < 4.78 is 32.7. The van der Waals surface area contributed by atoms with Crippen LogP contribution < -0.4 is 10.6 Å². The molecule has 0 fully saturated rings. The summed E-state index contributed by atoms with van der Waals surface area (Å²) in [5, 5.41) is 10.2. The van der Waals surface area contributed by atoms with E-state index in [-0.39, 0.29) is 33.2 Å². The standard InChI is InChI=1S/C26H21N5O6S2/c1-2-37-23(32)10-7-16-12-29-31(15-16)26-28-14-18(38-26)13-27-24(33)17-8-9-22-20(11-17)30-25(34)19-5-3-4-6-21(19)39(22,35)36/h3-12,14-15H,2,13H2,1H3,(H,27,33)(H,30,34)/b10-7+. The van der Waals surface area contributed by atoms with Crippen LogP contribution in [0.25, 0.3) is 11.2 Å². The van der Waals surface area contributed by atoms with Gasteiger partial charge >= 0.3 is 5.97 Å². The number of anilines is 1. The maximum Gasteiger partial charge on any atom is 0.330 e. The molecular formula is C26H21N5O6S2. The van der Waals surface area contributed by atoms with Gasteiger partial charge in [-0.25, -0.2) is 22.9 Å². The highest BCUT2D eigenvalue weighted by molar-refractivity contribution is 7.91. The van der Waals surface area contributed by atoms with Crippen molar-refractivity contribution in [3.8, 4) is 5.13 Å². The Morgan fingerprint density at radius 2 is 1.97 bits per heavy atom. The Labute approximate surface area is 227 Å². The fourth-order valence-corrected chi connectivity index (χ4v) is 6.21. The Bertz CT molecular complexity index is 1740. The summed E-state index contributed by atoms with van der Waals surface area (Å²) in [4.78, 5) is 41.9. The van der Waals surface area contributed by atoms with Crippen LogP contribution in [-0.2, 0) is 25.9 Å². The highest BCUT2D eigenvalue weighted by Gasteiger charge is 2.31. The first-order valence-electron chi connectivity index (χ1n) is 11.7. The van der Waals surface area contributed by atoms with Crippen LogP contribution in [0.1, 0.15) is 38.1 Å². The second-order valence-corrected chi connectivity index (χ2v) is 11.2. The molecule has 0 saturated heterocycles. The lowest BCUT2D eigenvalue weighted by Gasteiger charge is -2.10. The fourth-order valence-electron chi connectivity index (χ4n) is 3.84. The molecule has 0 aliphatic carbocycles. The lowest BCUT2D eigenvalue weighted by atomic mass is 10.1. The van der Waals surface area contributed by atoms with Gasteiger partial charge in [0.15, 0.2) is 0 Å². The predicted octanol–water partition coefficient (Wildman–Crippen LogP) is 3.23. The van der Waals surface area contributed by atoms with Crippen LogP contribution in [0.2, 0.25) is 0 Å². The Balaban J connectivity index is 1.27. The molecule has 2 amide bonds. The number of carbonyl (C=O) groups is 3. The number of benzene rings is 2. The second-order valence-electron chi connectivity index (χ2n) is 8.26. The van der Waals surface area contributed by atoms with Crippen LogP contribution in [0.15, 0.2) is 76.9 Å². The highest BCUT2D eigenvalue weighted by Crippen LogP contribution is 2.34. The van der Waals surface area contributed by atoms with Gasteiger partial charge < -0.3 is 15.4 Å². The van der Waals surface area contributed by atoms with Crippen LogP contribution in [0.5, 0.6) is 0 Å². The molecule has 0 unspecified atom stereocenters. The number of rotatable bonds is 7. The maximum absolute atomic E-state index is 13.1. The molecule has 1 aliphatic heterocycles. The third-order valence-electron chi connectivity index (χ3n) is 5.66. The number of ether oxygens (including phenoxy) is 1. The Morgan fingerprint density at radius 3 is 2.79 bits per heavy atom. The first-order chi connectivity index (χ1) is 18.8. The zero-order chi connectivity index (χ0) is 27.6. The number of aromatic nitrogens is 3. The number of amides is 2. The Kier molecular flexibility index (Phi) is 7.09. The van der Waals surface area contributed by atoms with E-state index >= 15 is 0 Å². The first kappa shape index (κ1) is 26.0. The molecule has 2 aromatic carbocycles. The number of esters is 1. The molecule has 2 aromatic heterocycles. The van der Waals surface area contributed by atoms with Gasteiger partial charge in [-0.3, -0.25) is 9.59 Å². The molecule has 0 bridgehead atoms. The van der Waals surface area contributed by atoms with Crippen LogP contribution in [0.4, 0.5) is 5.69 Å². The van der Waals surface area contributed by atoms with Crippen molar-refractivity contribution in [2.75, 3.05) is 11.9 Å². The van der Waals surface area contributed by atoms with E-state index < -0.39 is 27.6 Å². The quantitative estimate of drug-likeness (QED) is 0.257. The highest BCUT2D eigenvalue weighted by atomic mass is 32.2. The van der Waals surface area contributed by atoms with Gasteiger partial charge in [-0.05, 0) is 43.3 Å². The molecule has 13 heteroatoms. The van der Waals surface area contributed by atoms with E-state index in [0.29, 0.717) is 17.3 Å². The van der Waals surface area contributed by atoms with Gasteiger partial charge in [-0.2, -0.15) is 5.10 Å². The molecule has 39 heavy (non-hydrogen) atoms. The normalized spacial score (nSPS) is 13.7. The van der Waals surface area contributed by atoms with Gasteiger partial charge in [0.25, 0.3) is 11.8 Å². The van der Waals surface area contributed by atoms with E-state index in [1.165, 1.54) is 47.7 Å². The molecule has 3 heterocycles. The summed E-state index contributed by atoms with van der Waals surface area (Å²) in [6, 6.07) is 10.0. The molecule has 0 spiro atoms. The summed E-state index contributed by atoms with van der Waals surface area (Å²) in [6.45, 7) is 2.19. The van der Waals surface area contributed by atoms with Crippen LogP contribution >= 0.6 is 11.3 Å². The molecule has 1 aliphatic rings. The van der Waals surface area contributed by atoms with E-state index in [4.69, 9.17) is 4.74 Å². The zero-order valence-electron chi connectivity index (χ0n) is 20.5. The average molecular weight is 564 g/mol. The summed E-state index contributed by atoms with van der Waals surface area (Å²) in [5.74, 6) is -1.46. The number of sulfone groups is 1. The molecule has 0 saturated carbocycles. The van der Waals surface area contributed by atoms with Crippen LogP contribution in [-0.4, -0.2) is 47.6 Å². The molecule has 11 nitrogen and oxygen atoms in total. The van der Waals surface area contributed by atoms with Crippen molar-refractivity contribution in [3.05, 3.63) is 88.7 Å². The van der Waals surface area contributed by atoms with Gasteiger partial charge in [0, 0.05) is 34.5 Å². The Hall–Kier alpha value is -4.62. The first-order valence-corrected chi connectivity index (χ1v) is 14.0. The van der Waals surface area contributed by atoms with Crippen molar-refractivity contribution in [1.29, 1.82) is 0 Å². The topological polar surface area (TPSA) is 149 Å². The number of nitrogens with zero attached hydrogens (tertiary/aromatic N) is 3. The van der Waals surface area contributed by atoms with Crippen molar-refractivity contribution in [2.24, 2.45) is 0 Å². The van der Waals surface area contributed by atoms with Crippen molar-refractivity contribution in [3.63, 3.8) is 0 Å². The number of thiazole rings is 1. The molecule has 4 aromatic rings. The second kappa shape index (κ2) is 10.6.